The van der Waals surface area contributed by atoms with Gasteiger partial charge in [0.2, 0.25) is 0 Å². The fourth-order valence-electron chi connectivity index (χ4n) is 2.56. The summed E-state index contributed by atoms with van der Waals surface area (Å²) < 4.78 is 18.1. The summed E-state index contributed by atoms with van der Waals surface area (Å²) in [5, 5.41) is 10.3. The Bertz CT molecular complexity index is 411. The number of ether oxygens (including phenoxy) is 2. The molecule has 0 spiro atoms. The van der Waals surface area contributed by atoms with E-state index in [0.29, 0.717) is 6.61 Å². The second kappa shape index (κ2) is 5.46. The number of aliphatic hydroxyl groups is 1. The molecule has 21 heavy (non-hydrogen) atoms. The van der Waals surface area contributed by atoms with Gasteiger partial charge in [-0.25, -0.2) is 0 Å². The van der Waals surface area contributed by atoms with Gasteiger partial charge in [0.05, 0.1) is 6.10 Å². The molecule has 0 radical (unpaired) electrons. The molecule has 4 nitrogen and oxygen atoms in total. The Labute approximate surface area is 129 Å². The van der Waals surface area contributed by atoms with Gasteiger partial charge in [-0.05, 0) is 32.0 Å². The summed E-state index contributed by atoms with van der Waals surface area (Å²) in [5.74, 6) is -0.508. The van der Waals surface area contributed by atoms with E-state index in [4.69, 9.17) is 13.9 Å². The number of rotatable bonds is 3. The number of hydrogen-bond donors (Lipinski definition) is 1. The third kappa shape index (κ3) is 3.59. The first-order valence-corrected chi connectivity index (χ1v) is 10.7. The topological polar surface area (TPSA) is 47.9 Å². The highest BCUT2D eigenvalue weighted by Gasteiger charge is 2.49. The van der Waals surface area contributed by atoms with Crippen LogP contribution in [0.3, 0.4) is 0 Å². The lowest BCUT2D eigenvalue weighted by Gasteiger charge is -2.38. The van der Waals surface area contributed by atoms with Crippen molar-refractivity contribution < 1.29 is 19.0 Å². The zero-order valence-electron chi connectivity index (χ0n) is 14.3. The van der Waals surface area contributed by atoms with E-state index in [0.717, 1.165) is 0 Å². The SMILES string of the molecule is CC1(C)O[C@@H]2[C@H](O1)[C@H](O)C=C[C@H]2CO[Si](C)(C)C(C)(C)C. The summed E-state index contributed by atoms with van der Waals surface area (Å²) >= 11 is 0. The summed E-state index contributed by atoms with van der Waals surface area (Å²) in [5.41, 5.74) is 0. The minimum Gasteiger partial charge on any atom is -0.416 e. The monoisotopic (exact) mass is 314 g/mol. The van der Waals surface area contributed by atoms with Crippen LogP contribution in [0.2, 0.25) is 18.1 Å². The van der Waals surface area contributed by atoms with E-state index in [-0.39, 0.29) is 23.2 Å². The third-order valence-corrected chi connectivity index (χ3v) is 9.42. The largest absolute Gasteiger partial charge is 0.416 e. The van der Waals surface area contributed by atoms with Crippen LogP contribution in [-0.2, 0) is 13.9 Å². The maximum absolute atomic E-state index is 10.1. The average Bonchev–Trinajstić information content (AvgIpc) is 2.63. The molecule has 1 aliphatic heterocycles. The summed E-state index contributed by atoms with van der Waals surface area (Å²) in [6.07, 6.45) is 2.80. The Morgan fingerprint density at radius 2 is 1.71 bits per heavy atom. The molecule has 1 aliphatic carbocycles. The van der Waals surface area contributed by atoms with Crippen LogP contribution in [0.1, 0.15) is 34.6 Å². The Morgan fingerprint density at radius 3 is 2.29 bits per heavy atom. The van der Waals surface area contributed by atoms with Gasteiger partial charge >= 0.3 is 0 Å². The molecule has 0 aromatic heterocycles. The van der Waals surface area contributed by atoms with Crippen molar-refractivity contribution >= 4 is 8.32 Å². The highest BCUT2D eigenvalue weighted by Crippen LogP contribution is 2.40. The van der Waals surface area contributed by atoms with E-state index in [1.54, 1.807) is 0 Å². The molecule has 1 saturated heterocycles. The van der Waals surface area contributed by atoms with Crippen LogP contribution in [-0.4, -0.2) is 44.1 Å². The summed E-state index contributed by atoms with van der Waals surface area (Å²) in [6.45, 7) is 15.6. The fraction of sp³-hybridized carbons (Fsp3) is 0.875. The molecule has 2 aliphatic rings. The van der Waals surface area contributed by atoms with E-state index in [1.807, 2.05) is 26.0 Å². The molecule has 1 fully saturated rings. The van der Waals surface area contributed by atoms with Crippen molar-refractivity contribution in [2.24, 2.45) is 5.92 Å². The van der Waals surface area contributed by atoms with Gasteiger partial charge in [-0.3, -0.25) is 0 Å². The van der Waals surface area contributed by atoms with E-state index < -0.39 is 20.2 Å². The molecule has 0 saturated carbocycles. The maximum Gasteiger partial charge on any atom is 0.192 e. The zero-order valence-corrected chi connectivity index (χ0v) is 15.3. The lowest BCUT2D eigenvalue weighted by Crippen LogP contribution is -2.46. The van der Waals surface area contributed by atoms with Crippen LogP contribution in [0.4, 0.5) is 0 Å². The molecule has 2 rings (SSSR count). The highest BCUT2D eigenvalue weighted by atomic mass is 28.4. The van der Waals surface area contributed by atoms with Crippen molar-refractivity contribution in [2.45, 2.75) is 76.8 Å². The van der Waals surface area contributed by atoms with Gasteiger partial charge in [-0.1, -0.05) is 32.9 Å². The van der Waals surface area contributed by atoms with Crippen LogP contribution in [0.15, 0.2) is 12.2 Å². The molecular weight excluding hydrogens is 284 g/mol. The van der Waals surface area contributed by atoms with Crippen LogP contribution in [0.25, 0.3) is 0 Å². The first-order valence-electron chi connectivity index (χ1n) is 7.79. The van der Waals surface area contributed by atoms with Gasteiger partial charge in [0, 0.05) is 12.5 Å². The molecule has 0 bridgehead atoms. The number of fused-ring (bicyclic) bond motifs is 1. The maximum atomic E-state index is 10.1. The van der Waals surface area contributed by atoms with Crippen molar-refractivity contribution in [1.82, 2.24) is 0 Å². The van der Waals surface area contributed by atoms with Crippen LogP contribution < -0.4 is 0 Å². The molecule has 5 heteroatoms. The van der Waals surface area contributed by atoms with Crippen molar-refractivity contribution in [3.8, 4) is 0 Å². The molecule has 0 aromatic rings. The first-order chi connectivity index (χ1) is 9.43. The predicted molar refractivity (Wildman–Crippen MR) is 85.6 cm³/mol. The van der Waals surface area contributed by atoms with Gasteiger partial charge in [-0.2, -0.15) is 0 Å². The Morgan fingerprint density at radius 1 is 1.14 bits per heavy atom. The number of hydrogen-bond acceptors (Lipinski definition) is 4. The lowest BCUT2D eigenvalue weighted by atomic mass is 9.89. The van der Waals surface area contributed by atoms with Gasteiger partial charge < -0.3 is 19.0 Å². The highest BCUT2D eigenvalue weighted by molar-refractivity contribution is 6.74. The molecule has 1 N–H and O–H groups in total. The normalized spacial score (nSPS) is 35.8. The van der Waals surface area contributed by atoms with Crippen LogP contribution in [0, 0.1) is 5.92 Å². The van der Waals surface area contributed by atoms with E-state index >= 15 is 0 Å². The third-order valence-electron chi connectivity index (χ3n) is 4.92. The van der Waals surface area contributed by atoms with E-state index in [9.17, 15) is 5.11 Å². The Kier molecular flexibility index (Phi) is 4.46. The van der Waals surface area contributed by atoms with Crippen molar-refractivity contribution in [3.63, 3.8) is 0 Å². The minimum absolute atomic E-state index is 0.134. The van der Waals surface area contributed by atoms with E-state index in [2.05, 4.69) is 33.9 Å². The molecule has 0 aromatic carbocycles. The molecule has 0 amide bonds. The van der Waals surface area contributed by atoms with Crippen LogP contribution >= 0.6 is 0 Å². The summed E-state index contributed by atoms with van der Waals surface area (Å²) in [4.78, 5) is 0. The first kappa shape index (κ1) is 17.2. The van der Waals surface area contributed by atoms with E-state index in [1.165, 1.54) is 0 Å². The minimum atomic E-state index is -1.78. The Hall–Kier alpha value is -0.203. The number of aliphatic hydroxyl groups excluding tert-OH is 1. The van der Waals surface area contributed by atoms with Crippen molar-refractivity contribution in [2.75, 3.05) is 6.61 Å². The predicted octanol–water partition coefficient (Wildman–Crippen LogP) is 3.08. The quantitative estimate of drug-likeness (QED) is 0.642. The molecule has 0 unspecified atom stereocenters. The lowest BCUT2D eigenvalue weighted by molar-refractivity contribution is -0.154. The van der Waals surface area contributed by atoms with Crippen molar-refractivity contribution in [1.29, 1.82) is 0 Å². The standard InChI is InChI=1S/C16H30O4Si/c1-15(2,3)21(6,7)18-10-11-8-9-12(17)14-13(11)19-16(4,5)20-14/h8-9,11-14,17H,10H2,1-7H3/t11-,12+,13-,14+/m0/s1. The van der Waals surface area contributed by atoms with Gasteiger partial charge in [-0.15, -0.1) is 0 Å². The second-order valence-corrected chi connectivity index (χ2v) is 13.0. The second-order valence-electron chi connectivity index (χ2n) is 8.18. The average molecular weight is 314 g/mol. The fourth-order valence-corrected chi connectivity index (χ4v) is 3.60. The summed E-state index contributed by atoms with van der Waals surface area (Å²) in [7, 11) is -1.78. The van der Waals surface area contributed by atoms with Gasteiger partial charge in [0.1, 0.15) is 12.2 Å². The molecule has 1 heterocycles. The van der Waals surface area contributed by atoms with Gasteiger partial charge in [0.15, 0.2) is 14.1 Å². The molecule has 4 atom stereocenters. The Balaban J connectivity index is 2.05. The van der Waals surface area contributed by atoms with Crippen molar-refractivity contribution in [3.05, 3.63) is 12.2 Å². The van der Waals surface area contributed by atoms with Crippen LogP contribution in [0.5, 0.6) is 0 Å². The van der Waals surface area contributed by atoms with Gasteiger partial charge in [0.25, 0.3) is 0 Å². The smallest absolute Gasteiger partial charge is 0.192 e. The molecular formula is C16H30O4Si. The molecule has 122 valence electrons. The summed E-state index contributed by atoms with van der Waals surface area (Å²) in [6, 6.07) is 0. The zero-order chi connectivity index (χ0) is 16.1.